The highest BCUT2D eigenvalue weighted by Crippen LogP contribution is 2.28. The predicted octanol–water partition coefficient (Wildman–Crippen LogP) is 2.12. The zero-order chi connectivity index (χ0) is 7.56. The molecule has 0 aliphatic heterocycles. The van der Waals surface area contributed by atoms with Gasteiger partial charge in [-0.3, -0.25) is 5.10 Å². The Hall–Kier alpha value is -0.410. The van der Waals surface area contributed by atoms with E-state index in [-0.39, 0.29) is 0 Å². The lowest BCUT2D eigenvalue weighted by atomic mass is 10.7. The number of H-pyrrole nitrogens is 1. The summed E-state index contributed by atoms with van der Waals surface area (Å²) in [7, 11) is 0. The highest BCUT2D eigenvalue weighted by molar-refractivity contribution is 6.42. The molecule has 0 atom stereocenters. The molecule has 0 aromatic carbocycles. The van der Waals surface area contributed by atoms with Gasteiger partial charge in [-0.1, -0.05) is 23.2 Å². The van der Waals surface area contributed by atoms with E-state index in [0.717, 1.165) is 0 Å². The summed E-state index contributed by atoms with van der Waals surface area (Å²) in [5.74, 6) is 0.356. The molecule has 1 N–H and O–H groups in total. The van der Waals surface area contributed by atoms with E-state index in [1.54, 1.807) is 0 Å². The average Bonchev–Trinajstić information content (AvgIpc) is 2.20. The van der Waals surface area contributed by atoms with Crippen LogP contribution in [-0.4, -0.2) is 16.8 Å². The lowest BCUT2D eigenvalue weighted by Crippen LogP contribution is -1.91. The number of ether oxygens (including phenoxy) is 1. The maximum atomic E-state index is 5.64. The van der Waals surface area contributed by atoms with Gasteiger partial charge in [-0.05, 0) is 6.92 Å². The Balaban J connectivity index is 2.83. The molecule has 0 amide bonds. The van der Waals surface area contributed by atoms with Gasteiger partial charge in [0.05, 0.1) is 6.61 Å². The SMILES string of the molecule is CCOc1n[nH]c(Cl)c1Cl. The van der Waals surface area contributed by atoms with E-state index in [1.165, 1.54) is 0 Å². The van der Waals surface area contributed by atoms with Crippen LogP contribution < -0.4 is 4.74 Å². The number of aromatic amines is 1. The molecule has 10 heavy (non-hydrogen) atoms. The van der Waals surface area contributed by atoms with E-state index in [4.69, 9.17) is 27.9 Å². The first-order chi connectivity index (χ1) is 4.75. The Morgan fingerprint density at radius 2 is 2.30 bits per heavy atom. The summed E-state index contributed by atoms with van der Waals surface area (Å²) in [6.45, 7) is 2.37. The molecule has 5 heteroatoms. The second-order valence-corrected chi connectivity index (χ2v) is 2.35. The fourth-order valence-corrected chi connectivity index (χ4v) is 0.786. The zero-order valence-corrected chi connectivity index (χ0v) is 6.83. The van der Waals surface area contributed by atoms with Crippen LogP contribution in [0.4, 0.5) is 0 Å². The summed E-state index contributed by atoms with van der Waals surface area (Å²) in [6, 6.07) is 0. The van der Waals surface area contributed by atoms with Crippen LogP contribution in [0.2, 0.25) is 10.2 Å². The minimum Gasteiger partial charge on any atom is -0.476 e. The summed E-state index contributed by atoms with van der Waals surface area (Å²) in [5.41, 5.74) is 0. The standard InChI is InChI=1S/C5H6Cl2N2O/c1-2-10-5-3(6)4(7)8-9-5/h2H2,1H3,(H,8,9). The first-order valence-electron chi connectivity index (χ1n) is 2.78. The van der Waals surface area contributed by atoms with Gasteiger partial charge in [0.25, 0.3) is 5.88 Å². The molecule has 56 valence electrons. The third-order valence-electron chi connectivity index (χ3n) is 0.917. The highest BCUT2D eigenvalue weighted by atomic mass is 35.5. The van der Waals surface area contributed by atoms with Gasteiger partial charge < -0.3 is 4.74 Å². The molecule has 1 aromatic rings. The Morgan fingerprint density at radius 3 is 2.70 bits per heavy atom. The van der Waals surface area contributed by atoms with Crippen LogP contribution in [0.3, 0.4) is 0 Å². The number of nitrogens with one attached hydrogen (secondary N) is 1. The van der Waals surface area contributed by atoms with Crippen molar-refractivity contribution in [2.24, 2.45) is 0 Å². The number of hydrogen-bond donors (Lipinski definition) is 1. The van der Waals surface area contributed by atoms with Crippen LogP contribution in [0.5, 0.6) is 5.88 Å². The molecule has 0 radical (unpaired) electrons. The molecule has 0 saturated heterocycles. The third kappa shape index (κ3) is 1.36. The fraction of sp³-hybridized carbons (Fsp3) is 0.400. The molecule has 3 nitrogen and oxygen atoms in total. The summed E-state index contributed by atoms with van der Waals surface area (Å²) in [5, 5.41) is 6.82. The first kappa shape index (κ1) is 7.69. The molecular formula is C5H6Cl2N2O. The highest BCUT2D eigenvalue weighted by Gasteiger charge is 2.08. The van der Waals surface area contributed by atoms with Crippen molar-refractivity contribution in [3.05, 3.63) is 10.2 Å². The zero-order valence-electron chi connectivity index (χ0n) is 5.32. The fourth-order valence-electron chi connectivity index (χ4n) is 0.524. The van der Waals surface area contributed by atoms with Crippen LogP contribution in [0.25, 0.3) is 0 Å². The number of hydrogen-bond acceptors (Lipinski definition) is 2. The molecular weight excluding hydrogens is 175 g/mol. The van der Waals surface area contributed by atoms with Gasteiger partial charge in [0.2, 0.25) is 0 Å². The van der Waals surface area contributed by atoms with E-state index in [0.29, 0.717) is 22.7 Å². The Labute approximate surface area is 68.3 Å². The molecule has 0 bridgehead atoms. The summed E-state index contributed by atoms with van der Waals surface area (Å²) in [6.07, 6.45) is 0. The average molecular weight is 181 g/mol. The van der Waals surface area contributed by atoms with E-state index < -0.39 is 0 Å². The molecule has 1 rings (SSSR count). The third-order valence-corrected chi connectivity index (χ3v) is 1.64. The van der Waals surface area contributed by atoms with Crippen molar-refractivity contribution in [1.82, 2.24) is 10.2 Å². The molecule has 0 aliphatic carbocycles. The van der Waals surface area contributed by atoms with Crippen LogP contribution in [0, 0.1) is 0 Å². The van der Waals surface area contributed by atoms with Gasteiger partial charge in [0.1, 0.15) is 10.2 Å². The van der Waals surface area contributed by atoms with Crippen molar-refractivity contribution in [3.63, 3.8) is 0 Å². The minimum atomic E-state index is 0.310. The molecule has 1 heterocycles. The van der Waals surface area contributed by atoms with Crippen LogP contribution in [0.1, 0.15) is 6.92 Å². The number of rotatable bonds is 2. The second-order valence-electron chi connectivity index (χ2n) is 1.59. The maximum absolute atomic E-state index is 5.64. The van der Waals surface area contributed by atoms with Gasteiger partial charge in [-0.25, -0.2) is 0 Å². The molecule has 0 unspecified atom stereocenters. The lowest BCUT2D eigenvalue weighted by Gasteiger charge is -1.95. The minimum absolute atomic E-state index is 0.310. The second kappa shape index (κ2) is 3.12. The molecule has 0 spiro atoms. The van der Waals surface area contributed by atoms with Gasteiger partial charge in [-0.15, -0.1) is 5.10 Å². The quantitative estimate of drug-likeness (QED) is 0.758. The Morgan fingerprint density at radius 1 is 1.60 bits per heavy atom. The van der Waals surface area contributed by atoms with Crippen LogP contribution in [-0.2, 0) is 0 Å². The van der Waals surface area contributed by atoms with E-state index in [1.807, 2.05) is 6.92 Å². The molecule has 0 fully saturated rings. The summed E-state index contributed by atoms with van der Waals surface area (Å²) >= 11 is 11.2. The largest absolute Gasteiger partial charge is 0.476 e. The first-order valence-corrected chi connectivity index (χ1v) is 3.53. The van der Waals surface area contributed by atoms with Gasteiger partial charge in [0.15, 0.2) is 0 Å². The van der Waals surface area contributed by atoms with Crippen molar-refractivity contribution in [2.75, 3.05) is 6.61 Å². The van der Waals surface area contributed by atoms with Crippen molar-refractivity contribution in [1.29, 1.82) is 0 Å². The van der Waals surface area contributed by atoms with Crippen molar-refractivity contribution >= 4 is 23.2 Å². The maximum Gasteiger partial charge on any atom is 0.253 e. The van der Waals surface area contributed by atoms with E-state index in [9.17, 15) is 0 Å². The molecule has 0 saturated carbocycles. The lowest BCUT2D eigenvalue weighted by molar-refractivity contribution is 0.326. The van der Waals surface area contributed by atoms with Crippen molar-refractivity contribution in [2.45, 2.75) is 6.92 Å². The van der Waals surface area contributed by atoms with Gasteiger partial charge >= 0.3 is 0 Å². The van der Waals surface area contributed by atoms with E-state index >= 15 is 0 Å². The predicted molar refractivity (Wildman–Crippen MR) is 39.8 cm³/mol. The number of nitrogens with zero attached hydrogens (tertiary/aromatic N) is 1. The normalized spacial score (nSPS) is 9.90. The number of halogens is 2. The van der Waals surface area contributed by atoms with Gasteiger partial charge in [0, 0.05) is 0 Å². The summed E-state index contributed by atoms with van der Waals surface area (Å²) in [4.78, 5) is 0. The van der Waals surface area contributed by atoms with Gasteiger partial charge in [-0.2, -0.15) is 0 Å². The summed E-state index contributed by atoms with van der Waals surface area (Å²) < 4.78 is 5.00. The number of aromatic nitrogens is 2. The molecule has 1 aromatic heterocycles. The van der Waals surface area contributed by atoms with Crippen molar-refractivity contribution < 1.29 is 4.74 Å². The topological polar surface area (TPSA) is 37.9 Å². The van der Waals surface area contributed by atoms with E-state index in [2.05, 4.69) is 10.2 Å². The monoisotopic (exact) mass is 180 g/mol. The molecule has 0 aliphatic rings. The Bertz CT molecular complexity index is 223. The Kier molecular flexibility index (Phi) is 2.40. The van der Waals surface area contributed by atoms with Crippen LogP contribution in [0.15, 0.2) is 0 Å². The van der Waals surface area contributed by atoms with Crippen molar-refractivity contribution in [3.8, 4) is 5.88 Å². The smallest absolute Gasteiger partial charge is 0.253 e. The van der Waals surface area contributed by atoms with Crippen LogP contribution >= 0.6 is 23.2 Å².